The third-order valence-corrected chi connectivity index (χ3v) is 6.13. The largest absolute Gasteiger partial charge is 0.478 e. The number of aromatic carboxylic acids is 1. The van der Waals surface area contributed by atoms with Gasteiger partial charge in [0, 0.05) is 17.1 Å². The number of amides is 2. The molecule has 3 aromatic rings. The number of nitrogens with one attached hydrogen (secondary N) is 1. The smallest absolute Gasteiger partial charge is 0.335 e. The summed E-state index contributed by atoms with van der Waals surface area (Å²) < 4.78 is 1.97. The third kappa shape index (κ3) is 4.04. The number of nitrogens with zero attached hydrogens (tertiary/aromatic N) is 2. The van der Waals surface area contributed by atoms with E-state index in [2.05, 4.69) is 5.32 Å². The van der Waals surface area contributed by atoms with E-state index in [1.165, 1.54) is 4.90 Å². The number of thiocarbonyl (C=S) groups is 1. The van der Waals surface area contributed by atoms with Gasteiger partial charge in [-0.15, -0.1) is 0 Å². The molecule has 1 aliphatic rings. The minimum atomic E-state index is -0.987. The summed E-state index contributed by atoms with van der Waals surface area (Å²) in [6.07, 6.45) is 1.57. The van der Waals surface area contributed by atoms with Gasteiger partial charge in [0.15, 0.2) is 5.11 Å². The molecule has 1 saturated heterocycles. The van der Waals surface area contributed by atoms with Gasteiger partial charge < -0.3 is 9.67 Å². The molecular formula is C26H23N3O4S. The van der Waals surface area contributed by atoms with Crippen LogP contribution in [0.15, 0.2) is 54.1 Å². The van der Waals surface area contributed by atoms with E-state index in [0.29, 0.717) is 11.3 Å². The summed E-state index contributed by atoms with van der Waals surface area (Å²) in [7, 11) is 0. The topological polar surface area (TPSA) is 91.6 Å². The minimum Gasteiger partial charge on any atom is -0.478 e. The highest BCUT2D eigenvalue weighted by Crippen LogP contribution is 2.27. The summed E-state index contributed by atoms with van der Waals surface area (Å²) >= 11 is 5.27. The number of carboxylic acids is 1. The molecule has 2 aromatic carbocycles. The maximum Gasteiger partial charge on any atom is 0.335 e. The molecule has 7 nitrogen and oxygen atoms in total. The van der Waals surface area contributed by atoms with Crippen LogP contribution >= 0.6 is 12.2 Å². The first-order chi connectivity index (χ1) is 16.1. The Bertz CT molecular complexity index is 1400. The number of rotatable bonds is 4. The predicted molar refractivity (Wildman–Crippen MR) is 134 cm³/mol. The summed E-state index contributed by atoms with van der Waals surface area (Å²) in [6, 6.07) is 14.1. The van der Waals surface area contributed by atoms with Crippen molar-refractivity contribution in [2.24, 2.45) is 0 Å². The zero-order chi connectivity index (χ0) is 24.7. The molecule has 8 heteroatoms. The molecule has 2 N–H and O–H groups in total. The van der Waals surface area contributed by atoms with Crippen LogP contribution in [-0.4, -0.2) is 32.6 Å². The number of hydrogen-bond acceptors (Lipinski definition) is 4. The summed E-state index contributed by atoms with van der Waals surface area (Å²) in [4.78, 5) is 38.6. The van der Waals surface area contributed by atoms with E-state index in [-0.39, 0.29) is 16.2 Å². The number of hydrogen-bond donors (Lipinski definition) is 2. The Morgan fingerprint density at radius 1 is 1.00 bits per heavy atom. The lowest BCUT2D eigenvalue weighted by molar-refractivity contribution is -0.122. The number of carbonyl (C=O) groups is 3. The van der Waals surface area contributed by atoms with Crippen molar-refractivity contribution in [2.75, 3.05) is 4.90 Å². The summed E-state index contributed by atoms with van der Waals surface area (Å²) in [5.74, 6) is -2.03. The lowest BCUT2D eigenvalue weighted by Gasteiger charge is -2.29. The number of benzene rings is 2. The van der Waals surface area contributed by atoms with Gasteiger partial charge in [0.05, 0.1) is 11.3 Å². The molecule has 0 radical (unpaired) electrons. The fourth-order valence-corrected chi connectivity index (χ4v) is 4.37. The van der Waals surface area contributed by atoms with Crippen molar-refractivity contribution in [3.8, 4) is 5.69 Å². The van der Waals surface area contributed by atoms with Crippen LogP contribution in [0.5, 0.6) is 0 Å². The Morgan fingerprint density at radius 2 is 1.68 bits per heavy atom. The van der Waals surface area contributed by atoms with Gasteiger partial charge in [-0.25, -0.2) is 4.79 Å². The Hall–Kier alpha value is -4.04. The maximum atomic E-state index is 13.3. The second-order valence-corrected chi connectivity index (χ2v) is 8.65. The number of aromatic nitrogens is 1. The predicted octanol–water partition coefficient (Wildman–Crippen LogP) is 4.24. The lowest BCUT2D eigenvalue weighted by Crippen LogP contribution is -2.54. The normalized spacial score (nSPS) is 15.1. The van der Waals surface area contributed by atoms with Crippen LogP contribution in [0.2, 0.25) is 0 Å². The van der Waals surface area contributed by atoms with Gasteiger partial charge in [0.2, 0.25) is 0 Å². The highest BCUT2D eigenvalue weighted by Gasteiger charge is 2.34. The van der Waals surface area contributed by atoms with Crippen LogP contribution < -0.4 is 10.2 Å². The van der Waals surface area contributed by atoms with E-state index in [9.17, 15) is 19.5 Å². The molecule has 1 aromatic heterocycles. The average Bonchev–Trinajstić information content (AvgIpc) is 3.05. The van der Waals surface area contributed by atoms with Crippen molar-refractivity contribution in [1.29, 1.82) is 0 Å². The van der Waals surface area contributed by atoms with E-state index in [4.69, 9.17) is 12.2 Å². The average molecular weight is 474 g/mol. The van der Waals surface area contributed by atoms with Crippen molar-refractivity contribution < 1.29 is 19.5 Å². The van der Waals surface area contributed by atoms with Gasteiger partial charge in [0.1, 0.15) is 5.57 Å². The van der Waals surface area contributed by atoms with E-state index in [0.717, 1.165) is 28.2 Å². The summed E-state index contributed by atoms with van der Waals surface area (Å²) in [6.45, 7) is 7.59. The monoisotopic (exact) mass is 473 g/mol. The Kier molecular flexibility index (Phi) is 5.93. The first kappa shape index (κ1) is 23.1. The molecule has 0 atom stereocenters. The lowest BCUT2D eigenvalue weighted by atomic mass is 10.1. The summed E-state index contributed by atoms with van der Waals surface area (Å²) in [5.41, 5.74) is 5.82. The van der Waals surface area contributed by atoms with Gasteiger partial charge in [0.25, 0.3) is 11.8 Å². The quantitative estimate of drug-likeness (QED) is 0.336. The van der Waals surface area contributed by atoms with Gasteiger partial charge in [-0.2, -0.15) is 0 Å². The van der Waals surface area contributed by atoms with Crippen molar-refractivity contribution in [1.82, 2.24) is 9.88 Å². The van der Waals surface area contributed by atoms with Gasteiger partial charge in [-0.05, 0) is 93.5 Å². The van der Waals surface area contributed by atoms with Crippen LogP contribution in [0.1, 0.15) is 38.4 Å². The molecule has 0 unspecified atom stereocenters. The molecule has 0 spiro atoms. The fraction of sp³-hybridized carbons (Fsp3) is 0.154. The van der Waals surface area contributed by atoms with Crippen molar-refractivity contribution >= 4 is 46.9 Å². The number of carbonyl (C=O) groups excluding carboxylic acids is 2. The van der Waals surface area contributed by atoms with Crippen molar-refractivity contribution in [3.63, 3.8) is 0 Å². The fourth-order valence-electron chi connectivity index (χ4n) is 4.09. The maximum absolute atomic E-state index is 13.3. The minimum absolute atomic E-state index is 0.0210. The zero-order valence-corrected chi connectivity index (χ0v) is 20.0. The third-order valence-electron chi connectivity index (χ3n) is 5.85. The molecule has 4 rings (SSSR count). The standard InChI is InChI=1S/C26H23N3O4S/c1-14-5-8-20(9-6-14)29-24(31)21(23(30)27-26(29)34)13-19-12-16(3)28(17(19)4)22-10-7-18(25(32)33)11-15(22)2/h5-13H,1-4H3,(H,32,33)(H,27,30,34)/b21-13+. The van der Waals surface area contributed by atoms with Crippen LogP contribution in [0, 0.1) is 27.7 Å². The molecule has 0 bridgehead atoms. The Morgan fingerprint density at radius 3 is 2.29 bits per heavy atom. The van der Waals surface area contributed by atoms with E-state index in [1.54, 1.807) is 36.4 Å². The van der Waals surface area contributed by atoms with Gasteiger partial charge in [-0.3, -0.25) is 19.8 Å². The molecule has 2 heterocycles. The SMILES string of the molecule is Cc1ccc(N2C(=O)/C(=C/c3cc(C)n(-c4ccc(C(=O)O)cc4C)c3C)C(=O)NC2=S)cc1. The highest BCUT2D eigenvalue weighted by molar-refractivity contribution is 7.80. The zero-order valence-electron chi connectivity index (χ0n) is 19.2. The second kappa shape index (κ2) is 8.72. The molecule has 34 heavy (non-hydrogen) atoms. The molecule has 1 aliphatic heterocycles. The highest BCUT2D eigenvalue weighted by atomic mass is 32.1. The Balaban J connectivity index is 1.76. The molecule has 1 fully saturated rings. The van der Waals surface area contributed by atoms with Crippen LogP contribution in [0.4, 0.5) is 5.69 Å². The van der Waals surface area contributed by atoms with E-state index in [1.807, 2.05) is 50.5 Å². The van der Waals surface area contributed by atoms with Crippen LogP contribution in [-0.2, 0) is 9.59 Å². The first-order valence-electron chi connectivity index (χ1n) is 10.6. The molecule has 0 saturated carbocycles. The van der Waals surface area contributed by atoms with Crippen molar-refractivity contribution in [3.05, 3.63) is 87.7 Å². The van der Waals surface area contributed by atoms with Crippen LogP contribution in [0.3, 0.4) is 0 Å². The Labute approximate surface area is 202 Å². The van der Waals surface area contributed by atoms with E-state index < -0.39 is 17.8 Å². The van der Waals surface area contributed by atoms with Gasteiger partial charge in [-0.1, -0.05) is 17.7 Å². The van der Waals surface area contributed by atoms with Crippen molar-refractivity contribution in [2.45, 2.75) is 27.7 Å². The van der Waals surface area contributed by atoms with Gasteiger partial charge >= 0.3 is 5.97 Å². The second-order valence-electron chi connectivity index (χ2n) is 8.26. The van der Waals surface area contributed by atoms with E-state index >= 15 is 0 Å². The summed E-state index contributed by atoms with van der Waals surface area (Å²) in [5, 5.41) is 11.9. The number of carboxylic acid groups (broad SMARTS) is 1. The molecule has 172 valence electrons. The first-order valence-corrected chi connectivity index (χ1v) is 11.0. The van der Waals surface area contributed by atoms with Crippen LogP contribution in [0.25, 0.3) is 11.8 Å². The number of anilines is 1. The molecule has 0 aliphatic carbocycles. The molecule has 2 amide bonds. The number of aryl methyl sites for hydroxylation is 3. The molecular weight excluding hydrogens is 450 g/mol.